The molecule has 1 aliphatic rings. The summed E-state index contributed by atoms with van der Waals surface area (Å²) in [5, 5.41) is 10.3. The minimum Gasteiger partial charge on any atom is -0.383 e. The summed E-state index contributed by atoms with van der Waals surface area (Å²) in [5.74, 6) is 0. The molecule has 0 spiro atoms. The van der Waals surface area contributed by atoms with Gasteiger partial charge < -0.3 is 9.64 Å². The van der Waals surface area contributed by atoms with E-state index < -0.39 is 0 Å². The molecule has 0 aromatic heterocycles. The summed E-state index contributed by atoms with van der Waals surface area (Å²) < 4.78 is 5.04. The van der Waals surface area contributed by atoms with Crippen molar-refractivity contribution < 1.29 is 9.84 Å². The van der Waals surface area contributed by atoms with Gasteiger partial charge in [0, 0.05) is 46.4 Å². The van der Waals surface area contributed by atoms with Gasteiger partial charge in [-0.1, -0.05) is 0 Å². The molecule has 0 saturated carbocycles. The maximum Gasteiger partial charge on any atom is 0.0834 e. The normalized spacial score (nSPS) is 20.1. The lowest BCUT2D eigenvalue weighted by molar-refractivity contribution is 0.0895. The van der Waals surface area contributed by atoms with Crippen LogP contribution in [0, 0.1) is 0 Å². The number of hydrogen-bond acceptors (Lipinski definition) is 3. The van der Waals surface area contributed by atoms with Crippen molar-refractivity contribution in [3.8, 4) is 0 Å². The quantitative estimate of drug-likeness (QED) is 0.610. The van der Waals surface area contributed by atoms with Crippen LogP contribution in [0.15, 0.2) is 0 Å². The van der Waals surface area contributed by atoms with Crippen LogP contribution < -0.4 is 0 Å². The number of hydrogen-bond donors (Lipinski definition) is 0. The van der Waals surface area contributed by atoms with E-state index in [2.05, 4.69) is 9.80 Å². The van der Waals surface area contributed by atoms with Crippen molar-refractivity contribution in [2.24, 2.45) is 0 Å². The molecule has 0 N–H and O–H groups in total. The summed E-state index contributed by atoms with van der Waals surface area (Å²) in [6.07, 6.45) is 0.790. The van der Waals surface area contributed by atoms with Gasteiger partial charge in [0.05, 0.1) is 13.2 Å². The fourth-order valence-corrected chi connectivity index (χ4v) is 1.75. The van der Waals surface area contributed by atoms with E-state index >= 15 is 0 Å². The van der Waals surface area contributed by atoms with Gasteiger partial charge in [-0.15, -0.1) is 0 Å². The van der Waals surface area contributed by atoms with E-state index in [1.54, 1.807) is 7.11 Å². The van der Waals surface area contributed by atoms with Gasteiger partial charge in [0.15, 0.2) is 0 Å². The second-order valence-corrected chi connectivity index (χ2v) is 3.73. The van der Waals surface area contributed by atoms with E-state index in [4.69, 9.17) is 4.74 Å². The molecule has 4 heteroatoms. The van der Waals surface area contributed by atoms with E-state index in [0.29, 0.717) is 0 Å². The Hall–Kier alpha value is -0.160. The highest BCUT2D eigenvalue weighted by Gasteiger charge is 2.15. The van der Waals surface area contributed by atoms with Crippen LogP contribution in [0.1, 0.15) is 6.42 Å². The highest BCUT2D eigenvalue weighted by atomic mass is 16.5. The molecular formula is C10H21N2O2. The summed E-state index contributed by atoms with van der Waals surface area (Å²) in [7, 11) is 1.74. The summed E-state index contributed by atoms with van der Waals surface area (Å²) >= 11 is 0. The van der Waals surface area contributed by atoms with Gasteiger partial charge in [0.2, 0.25) is 0 Å². The van der Waals surface area contributed by atoms with Crippen molar-refractivity contribution >= 4 is 0 Å². The first-order chi connectivity index (χ1) is 6.86. The molecule has 83 valence electrons. The van der Waals surface area contributed by atoms with Crippen LogP contribution in [0.4, 0.5) is 0 Å². The fourth-order valence-electron chi connectivity index (χ4n) is 1.75. The summed E-state index contributed by atoms with van der Waals surface area (Å²) in [6.45, 7) is 7.32. The zero-order valence-corrected chi connectivity index (χ0v) is 9.07. The Labute approximate surface area is 86.4 Å². The van der Waals surface area contributed by atoms with Gasteiger partial charge in [-0.3, -0.25) is 4.90 Å². The van der Waals surface area contributed by atoms with Crippen LogP contribution in [0.5, 0.6) is 0 Å². The average Bonchev–Trinajstić information content (AvgIpc) is 2.25. The minimum absolute atomic E-state index is 0.0594. The van der Waals surface area contributed by atoms with Crippen LogP contribution in [0.25, 0.3) is 0 Å². The second kappa shape index (κ2) is 7.17. The number of piperazine rings is 1. The molecule has 0 aliphatic carbocycles. The van der Waals surface area contributed by atoms with Crippen molar-refractivity contribution in [1.29, 1.82) is 0 Å². The van der Waals surface area contributed by atoms with Crippen LogP contribution in [0.2, 0.25) is 0 Å². The first kappa shape index (κ1) is 11.9. The monoisotopic (exact) mass is 201 g/mol. The smallest absolute Gasteiger partial charge is 0.0834 e. The number of methoxy groups -OCH3 is 1. The minimum atomic E-state index is 0.0594. The summed E-state index contributed by atoms with van der Waals surface area (Å²) in [6, 6.07) is 0. The third-order valence-corrected chi connectivity index (χ3v) is 2.70. The highest BCUT2D eigenvalue weighted by Crippen LogP contribution is 2.01. The van der Waals surface area contributed by atoms with Crippen molar-refractivity contribution in [3.63, 3.8) is 0 Å². The SMILES string of the molecule is COCCN1CCN(CCC[O])CC1. The van der Waals surface area contributed by atoms with Gasteiger partial charge in [0.25, 0.3) is 0 Å². The third-order valence-electron chi connectivity index (χ3n) is 2.70. The molecule has 0 bridgehead atoms. The Bertz CT molecular complexity index is 120. The van der Waals surface area contributed by atoms with Crippen molar-refractivity contribution in [2.75, 3.05) is 59.6 Å². The van der Waals surface area contributed by atoms with Crippen LogP contribution in [-0.4, -0.2) is 69.4 Å². The molecular weight excluding hydrogens is 180 g/mol. The molecule has 14 heavy (non-hydrogen) atoms. The topological polar surface area (TPSA) is 35.6 Å². The van der Waals surface area contributed by atoms with Crippen LogP contribution in [0.3, 0.4) is 0 Å². The lowest BCUT2D eigenvalue weighted by Gasteiger charge is -2.34. The number of rotatable bonds is 6. The predicted molar refractivity (Wildman–Crippen MR) is 54.9 cm³/mol. The van der Waals surface area contributed by atoms with Gasteiger partial charge in [-0.2, -0.15) is 0 Å². The molecule has 1 radical (unpaired) electrons. The van der Waals surface area contributed by atoms with Gasteiger partial charge in [0.1, 0.15) is 0 Å². The first-order valence-corrected chi connectivity index (χ1v) is 5.38. The van der Waals surface area contributed by atoms with E-state index in [-0.39, 0.29) is 6.61 Å². The van der Waals surface area contributed by atoms with Crippen LogP contribution >= 0.6 is 0 Å². The zero-order valence-electron chi connectivity index (χ0n) is 9.07. The van der Waals surface area contributed by atoms with E-state index in [1.807, 2.05) is 0 Å². The Morgan fingerprint density at radius 1 is 1.07 bits per heavy atom. The average molecular weight is 201 g/mol. The van der Waals surface area contributed by atoms with E-state index in [9.17, 15) is 5.11 Å². The summed E-state index contributed by atoms with van der Waals surface area (Å²) in [5.41, 5.74) is 0. The number of nitrogens with zero attached hydrogens (tertiary/aromatic N) is 2. The highest BCUT2D eigenvalue weighted by molar-refractivity contribution is 4.71. The van der Waals surface area contributed by atoms with Gasteiger partial charge in [-0.25, -0.2) is 5.11 Å². The molecule has 1 rings (SSSR count). The molecule has 0 atom stereocenters. The number of ether oxygens (including phenoxy) is 1. The maximum absolute atomic E-state index is 10.3. The second-order valence-electron chi connectivity index (χ2n) is 3.73. The Kier molecular flexibility index (Phi) is 6.10. The largest absolute Gasteiger partial charge is 0.383 e. The summed E-state index contributed by atoms with van der Waals surface area (Å²) in [4.78, 5) is 4.79. The van der Waals surface area contributed by atoms with Crippen molar-refractivity contribution in [1.82, 2.24) is 9.80 Å². The molecule has 4 nitrogen and oxygen atoms in total. The van der Waals surface area contributed by atoms with Crippen LogP contribution in [-0.2, 0) is 9.84 Å². The molecule has 0 aromatic carbocycles. The van der Waals surface area contributed by atoms with Crippen molar-refractivity contribution in [2.45, 2.75) is 6.42 Å². The molecule has 0 amide bonds. The Morgan fingerprint density at radius 2 is 1.64 bits per heavy atom. The zero-order chi connectivity index (χ0) is 10.2. The van der Waals surface area contributed by atoms with Gasteiger partial charge in [-0.05, 0) is 6.42 Å². The molecule has 1 fully saturated rings. The standard InChI is InChI=1S/C10H21N2O2/c1-14-10-8-12-6-4-11(5-7-12)3-2-9-13/h2-10H2,1H3. The Morgan fingerprint density at radius 3 is 2.14 bits per heavy atom. The molecule has 0 aromatic rings. The lowest BCUT2D eigenvalue weighted by atomic mass is 10.3. The fraction of sp³-hybridized carbons (Fsp3) is 1.00. The van der Waals surface area contributed by atoms with Gasteiger partial charge >= 0.3 is 0 Å². The molecule has 1 saturated heterocycles. The lowest BCUT2D eigenvalue weighted by Crippen LogP contribution is -2.47. The van der Waals surface area contributed by atoms with E-state index in [1.165, 1.54) is 0 Å². The third kappa shape index (κ3) is 4.37. The molecule has 1 aliphatic heterocycles. The predicted octanol–water partition coefficient (Wildman–Crippen LogP) is 0.0710. The molecule has 0 unspecified atom stereocenters. The first-order valence-electron chi connectivity index (χ1n) is 5.38. The molecule has 1 heterocycles. The van der Waals surface area contributed by atoms with Crippen molar-refractivity contribution in [3.05, 3.63) is 0 Å². The Balaban J connectivity index is 2.05. The maximum atomic E-state index is 10.3. The van der Waals surface area contributed by atoms with E-state index in [0.717, 1.165) is 52.3 Å².